The molecule has 0 spiro atoms. The number of fused-ring (bicyclic) bond motifs is 1. The lowest BCUT2D eigenvalue weighted by Crippen LogP contribution is -2.26. The highest BCUT2D eigenvalue weighted by atomic mass is 16.3. The smallest absolute Gasteiger partial charge is 0.0812 e. The normalized spacial score (nSPS) is 21.1. The van der Waals surface area contributed by atoms with Gasteiger partial charge in [-0.05, 0) is 42.0 Å². The molecule has 0 aliphatic heterocycles. The highest BCUT2D eigenvalue weighted by molar-refractivity contribution is 5.30. The van der Waals surface area contributed by atoms with Gasteiger partial charge in [-0.15, -0.1) is 0 Å². The summed E-state index contributed by atoms with van der Waals surface area (Å²) >= 11 is 0. The van der Waals surface area contributed by atoms with Crippen LogP contribution >= 0.6 is 0 Å². The fraction of sp³-hybridized carbons (Fsp3) is 0.438. The number of aliphatic hydroxyl groups excluding tert-OH is 1. The van der Waals surface area contributed by atoms with Crippen molar-refractivity contribution in [2.24, 2.45) is 5.41 Å². The maximum absolute atomic E-state index is 10.3. The summed E-state index contributed by atoms with van der Waals surface area (Å²) in [5.41, 5.74) is 3.79. The van der Waals surface area contributed by atoms with Crippen molar-refractivity contribution >= 4 is 0 Å². The molecule has 0 radical (unpaired) electrons. The van der Waals surface area contributed by atoms with E-state index >= 15 is 0 Å². The van der Waals surface area contributed by atoms with E-state index in [0.29, 0.717) is 0 Å². The van der Waals surface area contributed by atoms with Crippen LogP contribution in [0.15, 0.2) is 36.8 Å². The molecular formula is C16H20N2O. The highest BCUT2D eigenvalue weighted by Crippen LogP contribution is 2.41. The molecule has 1 atom stereocenters. The van der Waals surface area contributed by atoms with E-state index in [2.05, 4.69) is 35.7 Å². The first kappa shape index (κ1) is 12.4. The van der Waals surface area contributed by atoms with E-state index in [1.165, 1.54) is 11.3 Å². The maximum Gasteiger partial charge on any atom is 0.0812 e. The van der Waals surface area contributed by atoms with Crippen molar-refractivity contribution in [2.45, 2.75) is 39.3 Å². The minimum absolute atomic E-state index is 0.167. The summed E-state index contributed by atoms with van der Waals surface area (Å²) in [6.07, 6.45) is 7.29. The van der Waals surface area contributed by atoms with Crippen molar-refractivity contribution in [3.8, 4) is 0 Å². The van der Waals surface area contributed by atoms with Gasteiger partial charge in [0.05, 0.1) is 6.10 Å². The molecule has 19 heavy (non-hydrogen) atoms. The first-order valence-electron chi connectivity index (χ1n) is 6.80. The Morgan fingerprint density at radius 1 is 1.32 bits per heavy atom. The number of hydrogen-bond donors (Lipinski definition) is 1. The maximum atomic E-state index is 10.3. The van der Waals surface area contributed by atoms with Crippen LogP contribution in [0.2, 0.25) is 0 Å². The molecule has 0 fully saturated rings. The molecule has 0 amide bonds. The second kappa shape index (κ2) is 4.49. The van der Waals surface area contributed by atoms with E-state index in [1.807, 2.05) is 24.5 Å². The van der Waals surface area contributed by atoms with Gasteiger partial charge >= 0.3 is 0 Å². The number of pyridine rings is 1. The number of rotatable bonds is 2. The van der Waals surface area contributed by atoms with Crippen LogP contribution in [0.25, 0.3) is 0 Å². The minimum atomic E-state index is -0.322. The molecule has 1 unspecified atom stereocenters. The summed E-state index contributed by atoms with van der Waals surface area (Å²) in [5.74, 6) is 0. The van der Waals surface area contributed by atoms with Gasteiger partial charge in [-0.2, -0.15) is 0 Å². The van der Waals surface area contributed by atoms with Crippen LogP contribution in [0.5, 0.6) is 0 Å². The van der Waals surface area contributed by atoms with E-state index in [-0.39, 0.29) is 11.5 Å². The number of aromatic nitrogens is 2. The van der Waals surface area contributed by atoms with Gasteiger partial charge in [-0.1, -0.05) is 13.8 Å². The van der Waals surface area contributed by atoms with Crippen molar-refractivity contribution < 1.29 is 5.11 Å². The predicted molar refractivity (Wildman–Crippen MR) is 74.8 cm³/mol. The lowest BCUT2D eigenvalue weighted by atomic mass is 9.75. The zero-order valence-electron chi connectivity index (χ0n) is 11.5. The summed E-state index contributed by atoms with van der Waals surface area (Å²) in [6.45, 7) is 5.30. The van der Waals surface area contributed by atoms with Gasteiger partial charge in [0.1, 0.15) is 0 Å². The topological polar surface area (TPSA) is 38.0 Å². The summed E-state index contributed by atoms with van der Waals surface area (Å²) in [7, 11) is 0. The monoisotopic (exact) mass is 256 g/mol. The van der Waals surface area contributed by atoms with E-state index in [1.54, 1.807) is 0 Å². The van der Waals surface area contributed by atoms with Gasteiger partial charge in [0.15, 0.2) is 0 Å². The molecular weight excluding hydrogens is 236 g/mol. The summed E-state index contributed by atoms with van der Waals surface area (Å²) in [5, 5.41) is 10.3. The second-order valence-corrected chi connectivity index (χ2v) is 6.26. The first-order valence-corrected chi connectivity index (χ1v) is 6.80. The van der Waals surface area contributed by atoms with Gasteiger partial charge in [0, 0.05) is 36.4 Å². The quantitative estimate of drug-likeness (QED) is 0.897. The Morgan fingerprint density at radius 3 is 2.79 bits per heavy atom. The van der Waals surface area contributed by atoms with Crippen molar-refractivity contribution in [1.82, 2.24) is 9.55 Å². The van der Waals surface area contributed by atoms with Gasteiger partial charge in [0.2, 0.25) is 0 Å². The Hall–Kier alpha value is -1.61. The molecule has 1 aliphatic carbocycles. The van der Waals surface area contributed by atoms with Gasteiger partial charge in [-0.25, -0.2) is 0 Å². The Kier molecular flexibility index (Phi) is 2.94. The molecule has 3 rings (SSSR count). The van der Waals surface area contributed by atoms with Crippen LogP contribution in [-0.2, 0) is 13.0 Å². The van der Waals surface area contributed by atoms with E-state index < -0.39 is 0 Å². The van der Waals surface area contributed by atoms with Crippen molar-refractivity contribution in [1.29, 1.82) is 0 Å². The molecule has 0 aromatic carbocycles. The minimum Gasteiger partial charge on any atom is -0.388 e. The van der Waals surface area contributed by atoms with E-state index in [9.17, 15) is 5.11 Å². The average Bonchev–Trinajstić information content (AvgIpc) is 2.72. The summed E-state index contributed by atoms with van der Waals surface area (Å²) in [4.78, 5) is 4.05. The SMILES string of the molecule is CC1(C)Cc2c(ccn2Cc2ccncc2)C(O)C1. The van der Waals surface area contributed by atoms with Crippen molar-refractivity contribution in [2.75, 3.05) is 0 Å². The Labute approximate surface area is 113 Å². The van der Waals surface area contributed by atoms with Crippen LogP contribution in [-0.4, -0.2) is 14.7 Å². The largest absolute Gasteiger partial charge is 0.388 e. The second-order valence-electron chi connectivity index (χ2n) is 6.26. The summed E-state index contributed by atoms with van der Waals surface area (Å²) in [6, 6.07) is 6.14. The molecule has 0 saturated heterocycles. The zero-order valence-corrected chi connectivity index (χ0v) is 11.5. The third-order valence-corrected chi connectivity index (χ3v) is 3.97. The Balaban J connectivity index is 1.93. The lowest BCUT2D eigenvalue weighted by molar-refractivity contribution is 0.0981. The van der Waals surface area contributed by atoms with Crippen molar-refractivity contribution in [3.63, 3.8) is 0 Å². The molecule has 0 saturated carbocycles. The molecule has 1 N–H and O–H groups in total. The van der Waals surface area contributed by atoms with Crippen LogP contribution in [0, 0.1) is 5.41 Å². The molecule has 3 heteroatoms. The third-order valence-electron chi connectivity index (χ3n) is 3.97. The average molecular weight is 256 g/mol. The lowest BCUT2D eigenvalue weighted by Gasteiger charge is -2.34. The summed E-state index contributed by atoms with van der Waals surface area (Å²) < 4.78 is 2.26. The molecule has 3 nitrogen and oxygen atoms in total. The zero-order chi connectivity index (χ0) is 13.5. The molecule has 1 aliphatic rings. The molecule has 2 aromatic rings. The predicted octanol–water partition coefficient (Wildman–Crippen LogP) is 2.94. The standard InChI is InChI=1S/C16H20N2O/c1-16(2)9-14-13(15(19)10-16)5-8-18(14)11-12-3-6-17-7-4-12/h3-8,15,19H,9-11H2,1-2H3. The molecule has 100 valence electrons. The van der Waals surface area contributed by atoms with Gasteiger partial charge in [0.25, 0.3) is 0 Å². The fourth-order valence-corrected chi connectivity index (χ4v) is 3.02. The van der Waals surface area contributed by atoms with Gasteiger partial charge in [-0.3, -0.25) is 4.98 Å². The Morgan fingerprint density at radius 2 is 2.05 bits per heavy atom. The third kappa shape index (κ3) is 2.43. The number of hydrogen-bond acceptors (Lipinski definition) is 2. The number of nitrogens with zero attached hydrogens (tertiary/aromatic N) is 2. The van der Waals surface area contributed by atoms with Crippen LogP contribution in [0.1, 0.15) is 43.2 Å². The van der Waals surface area contributed by atoms with E-state index in [4.69, 9.17) is 0 Å². The molecule has 2 aromatic heterocycles. The number of aliphatic hydroxyl groups is 1. The first-order chi connectivity index (χ1) is 9.05. The molecule has 0 bridgehead atoms. The molecule has 2 heterocycles. The van der Waals surface area contributed by atoms with Crippen molar-refractivity contribution in [3.05, 3.63) is 53.6 Å². The van der Waals surface area contributed by atoms with Crippen LogP contribution in [0.3, 0.4) is 0 Å². The Bertz CT molecular complexity index is 572. The van der Waals surface area contributed by atoms with Crippen LogP contribution in [0.4, 0.5) is 0 Å². The van der Waals surface area contributed by atoms with Gasteiger partial charge < -0.3 is 9.67 Å². The van der Waals surface area contributed by atoms with E-state index in [0.717, 1.165) is 24.9 Å². The van der Waals surface area contributed by atoms with Crippen LogP contribution < -0.4 is 0 Å². The fourth-order valence-electron chi connectivity index (χ4n) is 3.02. The highest BCUT2D eigenvalue weighted by Gasteiger charge is 2.33.